The predicted molar refractivity (Wildman–Crippen MR) is 86.3 cm³/mol. The molecule has 1 fully saturated rings. The fraction of sp³-hybridized carbons (Fsp3) is 0.529. The number of carbonyl (C=O) groups is 2. The van der Waals surface area contributed by atoms with Crippen molar-refractivity contribution in [2.75, 3.05) is 26.3 Å². The van der Waals surface area contributed by atoms with E-state index in [4.69, 9.17) is 0 Å². The summed E-state index contributed by atoms with van der Waals surface area (Å²) in [5.41, 5.74) is 2.50. The summed E-state index contributed by atoms with van der Waals surface area (Å²) in [6.07, 6.45) is 0.818. The van der Waals surface area contributed by atoms with Crippen molar-refractivity contribution in [3.8, 4) is 0 Å². The van der Waals surface area contributed by atoms with Gasteiger partial charge in [0, 0.05) is 12.6 Å². The molecule has 1 aliphatic heterocycles. The van der Waals surface area contributed by atoms with E-state index in [9.17, 15) is 9.59 Å². The van der Waals surface area contributed by atoms with E-state index in [0.29, 0.717) is 19.8 Å². The molecule has 120 valence electrons. The van der Waals surface area contributed by atoms with E-state index in [0.717, 1.165) is 6.42 Å². The van der Waals surface area contributed by atoms with Crippen LogP contribution in [-0.4, -0.2) is 54.0 Å². The van der Waals surface area contributed by atoms with E-state index in [2.05, 4.69) is 24.4 Å². The van der Waals surface area contributed by atoms with Crippen LogP contribution in [0.5, 0.6) is 0 Å². The molecule has 2 rings (SSSR count). The molecule has 0 spiro atoms. The predicted octanol–water partition coefficient (Wildman–Crippen LogP) is 1.16. The molecule has 1 N–H and O–H groups in total. The number of likely N-dealkylation sites (N-methyl/N-ethyl adjacent to an activating group) is 1. The van der Waals surface area contributed by atoms with Gasteiger partial charge in [0.05, 0.1) is 19.8 Å². The highest BCUT2D eigenvalue weighted by molar-refractivity contribution is 5.83. The lowest BCUT2D eigenvalue weighted by molar-refractivity contribution is -0.126. The zero-order valence-corrected chi connectivity index (χ0v) is 13.6. The van der Waals surface area contributed by atoms with E-state index >= 15 is 0 Å². The van der Waals surface area contributed by atoms with E-state index < -0.39 is 0 Å². The maximum Gasteiger partial charge on any atom is 0.237 e. The van der Waals surface area contributed by atoms with Gasteiger partial charge in [0.15, 0.2) is 0 Å². The number of nitrogens with zero attached hydrogens (tertiary/aromatic N) is 2. The van der Waals surface area contributed by atoms with Crippen molar-refractivity contribution in [1.82, 2.24) is 15.1 Å². The highest BCUT2D eigenvalue weighted by Crippen LogP contribution is 2.10. The minimum absolute atomic E-state index is 0.0214. The maximum atomic E-state index is 12.1. The van der Waals surface area contributed by atoms with E-state index in [1.54, 1.807) is 4.90 Å². The molecular formula is C17H25N3O2. The molecule has 1 aromatic carbocycles. The van der Waals surface area contributed by atoms with Crippen molar-refractivity contribution in [3.05, 3.63) is 35.4 Å². The monoisotopic (exact) mass is 303 g/mol. The van der Waals surface area contributed by atoms with Gasteiger partial charge in [-0.15, -0.1) is 0 Å². The molecule has 1 atom stereocenters. The average molecular weight is 303 g/mol. The Morgan fingerprint density at radius 2 is 2.09 bits per heavy atom. The van der Waals surface area contributed by atoms with E-state index in [1.165, 1.54) is 11.1 Å². The Bertz CT molecular complexity index is 544. The Morgan fingerprint density at radius 1 is 1.36 bits per heavy atom. The third-order valence-corrected chi connectivity index (χ3v) is 4.03. The Labute approximate surface area is 132 Å². The van der Waals surface area contributed by atoms with E-state index in [1.807, 2.05) is 30.9 Å². The summed E-state index contributed by atoms with van der Waals surface area (Å²) in [5, 5.41) is 3.02. The largest absolute Gasteiger partial charge is 0.352 e. The number of rotatable bonds is 6. The van der Waals surface area contributed by atoms with Crippen LogP contribution in [0.1, 0.15) is 25.0 Å². The molecule has 1 heterocycles. The number of hydrogen-bond acceptors (Lipinski definition) is 3. The van der Waals surface area contributed by atoms with Crippen LogP contribution in [0.15, 0.2) is 24.3 Å². The van der Waals surface area contributed by atoms with Gasteiger partial charge in [-0.05, 0) is 38.3 Å². The average Bonchev–Trinajstić information content (AvgIpc) is 2.80. The summed E-state index contributed by atoms with van der Waals surface area (Å²) < 4.78 is 0. The normalized spacial score (nSPS) is 16.9. The first kappa shape index (κ1) is 16.5. The summed E-state index contributed by atoms with van der Waals surface area (Å²) in [4.78, 5) is 27.4. The van der Waals surface area contributed by atoms with Gasteiger partial charge in [0.2, 0.25) is 11.8 Å². The van der Waals surface area contributed by atoms with Crippen molar-refractivity contribution in [2.45, 2.75) is 33.2 Å². The van der Waals surface area contributed by atoms with Crippen molar-refractivity contribution in [2.24, 2.45) is 0 Å². The van der Waals surface area contributed by atoms with Crippen molar-refractivity contribution >= 4 is 11.8 Å². The number of benzene rings is 1. The minimum atomic E-state index is -0.0214. The fourth-order valence-corrected chi connectivity index (χ4v) is 2.79. The molecule has 2 amide bonds. The number of nitrogens with one attached hydrogen (secondary N) is 1. The number of carbonyl (C=O) groups excluding carboxylic acids is 2. The number of amides is 2. The zero-order valence-electron chi connectivity index (χ0n) is 13.6. The SMILES string of the molecule is CCN1CN(CC(=O)N[C@H](C)Cc2ccccc2C)CC1=O. The number of aryl methyl sites for hydroxylation is 1. The van der Waals surface area contributed by atoms with Crippen LogP contribution >= 0.6 is 0 Å². The summed E-state index contributed by atoms with van der Waals surface area (Å²) in [5.74, 6) is 0.0788. The van der Waals surface area contributed by atoms with Gasteiger partial charge in [-0.25, -0.2) is 0 Å². The first-order valence-electron chi connectivity index (χ1n) is 7.83. The molecule has 5 heteroatoms. The highest BCUT2D eigenvalue weighted by atomic mass is 16.2. The Hall–Kier alpha value is -1.88. The Balaban J connectivity index is 1.80. The van der Waals surface area contributed by atoms with Crippen LogP contribution in [0.3, 0.4) is 0 Å². The molecular weight excluding hydrogens is 278 g/mol. The third-order valence-electron chi connectivity index (χ3n) is 4.03. The topological polar surface area (TPSA) is 52.6 Å². The van der Waals surface area contributed by atoms with Crippen LogP contribution in [0, 0.1) is 6.92 Å². The van der Waals surface area contributed by atoms with Crippen molar-refractivity contribution in [3.63, 3.8) is 0 Å². The molecule has 5 nitrogen and oxygen atoms in total. The molecule has 0 radical (unpaired) electrons. The lowest BCUT2D eigenvalue weighted by Crippen LogP contribution is -2.41. The minimum Gasteiger partial charge on any atom is -0.352 e. The zero-order chi connectivity index (χ0) is 16.1. The fourth-order valence-electron chi connectivity index (χ4n) is 2.79. The van der Waals surface area contributed by atoms with Gasteiger partial charge < -0.3 is 10.2 Å². The van der Waals surface area contributed by atoms with Crippen LogP contribution in [0.4, 0.5) is 0 Å². The Morgan fingerprint density at radius 3 is 2.73 bits per heavy atom. The molecule has 0 aromatic heterocycles. The Kier molecular flexibility index (Phi) is 5.55. The van der Waals surface area contributed by atoms with Crippen molar-refractivity contribution in [1.29, 1.82) is 0 Å². The molecule has 1 saturated heterocycles. The summed E-state index contributed by atoms with van der Waals surface area (Å²) >= 11 is 0. The smallest absolute Gasteiger partial charge is 0.237 e. The summed E-state index contributed by atoms with van der Waals surface area (Å²) in [6.45, 7) is 7.91. The number of hydrogen-bond donors (Lipinski definition) is 1. The van der Waals surface area contributed by atoms with Gasteiger partial charge in [-0.1, -0.05) is 24.3 Å². The second-order valence-electron chi connectivity index (χ2n) is 5.98. The maximum absolute atomic E-state index is 12.1. The highest BCUT2D eigenvalue weighted by Gasteiger charge is 2.27. The van der Waals surface area contributed by atoms with Gasteiger partial charge >= 0.3 is 0 Å². The molecule has 22 heavy (non-hydrogen) atoms. The van der Waals surface area contributed by atoms with Gasteiger partial charge in [-0.3, -0.25) is 14.5 Å². The van der Waals surface area contributed by atoms with Crippen LogP contribution in [-0.2, 0) is 16.0 Å². The third kappa shape index (κ3) is 4.31. The second kappa shape index (κ2) is 7.40. The molecule has 0 aliphatic carbocycles. The molecule has 0 unspecified atom stereocenters. The van der Waals surface area contributed by atoms with Crippen LogP contribution in [0.2, 0.25) is 0 Å². The standard InChI is InChI=1S/C17H25N3O2/c1-4-20-12-19(11-17(20)22)10-16(21)18-14(3)9-15-8-6-5-7-13(15)2/h5-8,14H,4,9-12H2,1-3H3,(H,18,21)/t14-/m1/s1. The van der Waals surface area contributed by atoms with Gasteiger partial charge in [0.1, 0.15) is 0 Å². The molecule has 1 aromatic rings. The van der Waals surface area contributed by atoms with E-state index in [-0.39, 0.29) is 24.4 Å². The van der Waals surface area contributed by atoms with Crippen molar-refractivity contribution < 1.29 is 9.59 Å². The first-order chi connectivity index (χ1) is 10.5. The lowest BCUT2D eigenvalue weighted by atomic mass is 10.0. The molecule has 0 bridgehead atoms. The quantitative estimate of drug-likeness (QED) is 0.858. The van der Waals surface area contributed by atoms with Crippen LogP contribution in [0.25, 0.3) is 0 Å². The lowest BCUT2D eigenvalue weighted by Gasteiger charge is -2.19. The first-order valence-corrected chi connectivity index (χ1v) is 7.83. The van der Waals surface area contributed by atoms with Gasteiger partial charge in [-0.2, -0.15) is 0 Å². The molecule has 1 aliphatic rings. The van der Waals surface area contributed by atoms with Crippen LogP contribution < -0.4 is 5.32 Å². The summed E-state index contributed by atoms with van der Waals surface area (Å²) in [7, 11) is 0. The summed E-state index contributed by atoms with van der Waals surface area (Å²) in [6, 6.07) is 8.29. The molecule has 0 saturated carbocycles. The second-order valence-corrected chi connectivity index (χ2v) is 5.98. The van der Waals surface area contributed by atoms with Gasteiger partial charge in [0.25, 0.3) is 0 Å².